The van der Waals surface area contributed by atoms with Crippen molar-refractivity contribution in [3.8, 4) is 0 Å². The van der Waals surface area contributed by atoms with Crippen LogP contribution in [-0.2, 0) is 16.0 Å². The Morgan fingerprint density at radius 2 is 1.60 bits per heavy atom. The van der Waals surface area contributed by atoms with Crippen molar-refractivity contribution < 1.29 is 14.4 Å². The van der Waals surface area contributed by atoms with Gasteiger partial charge in [0.15, 0.2) is 0 Å². The molecule has 8 nitrogen and oxygen atoms in total. The SMILES string of the molecule is C[C@]1(CCc2ccccc2)NC(=O)N(NC(=O)CN2CCN(C/C=C/c3ccccc3)CC2)C1=O. The minimum atomic E-state index is -1.04. The normalized spacial score (nSPS) is 21.5. The number of aryl methyl sites for hydroxylation is 1. The van der Waals surface area contributed by atoms with Gasteiger partial charge in [-0.1, -0.05) is 72.8 Å². The third-order valence-corrected chi connectivity index (χ3v) is 6.56. The summed E-state index contributed by atoms with van der Waals surface area (Å²) in [6.07, 6.45) is 5.38. The van der Waals surface area contributed by atoms with Crippen LogP contribution in [0.4, 0.5) is 4.79 Å². The summed E-state index contributed by atoms with van der Waals surface area (Å²) in [5.74, 6) is -0.792. The average Bonchev–Trinajstić information content (AvgIpc) is 3.08. The molecule has 2 aliphatic rings. The highest BCUT2D eigenvalue weighted by molar-refractivity contribution is 6.07. The average molecular weight is 476 g/mol. The van der Waals surface area contributed by atoms with Crippen LogP contribution in [0, 0.1) is 0 Å². The fraction of sp³-hybridized carbons (Fsp3) is 0.370. The molecule has 0 bridgehead atoms. The molecule has 1 atom stereocenters. The number of carbonyl (C=O) groups excluding carboxylic acids is 3. The van der Waals surface area contributed by atoms with Crippen molar-refractivity contribution in [3.05, 3.63) is 77.9 Å². The number of hydrogen-bond acceptors (Lipinski definition) is 5. The maximum absolute atomic E-state index is 12.9. The zero-order valence-corrected chi connectivity index (χ0v) is 20.2. The molecule has 0 unspecified atom stereocenters. The van der Waals surface area contributed by atoms with Gasteiger partial charge in [-0.15, -0.1) is 0 Å². The van der Waals surface area contributed by atoms with Gasteiger partial charge in [0.2, 0.25) is 0 Å². The minimum absolute atomic E-state index is 0.144. The smallest absolute Gasteiger partial charge is 0.322 e. The van der Waals surface area contributed by atoms with E-state index < -0.39 is 17.5 Å². The Balaban J connectivity index is 1.20. The number of hydrogen-bond donors (Lipinski definition) is 2. The number of nitrogens with one attached hydrogen (secondary N) is 2. The Hall–Kier alpha value is -3.49. The van der Waals surface area contributed by atoms with Crippen LogP contribution in [0.15, 0.2) is 66.7 Å². The highest BCUT2D eigenvalue weighted by Crippen LogP contribution is 2.22. The van der Waals surface area contributed by atoms with E-state index in [9.17, 15) is 14.4 Å². The molecule has 0 aromatic heterocycles. The van der Waals surface area contributed by atoms with E-state index in [4.69, 9.17) is 0 Å². The van der Waals surface area contributed by atoms with Gasteiger partial charge in [-0.3, -0.25) is 24.8 Å². The molecule has 2 fully saturated rings. The summed E-state index contributed by atoms with van der Waals surface area (Å²) in [5.41, 5.74) is 3.74. The van der Waals surface area contributed by atoms with Gasteiger partial charge >= 0.3 is 6.03 Å². The van der Waals surface area contributed by atoms with Crippen LogP contribution < -0.4 is 10.7 Å². The fourth-order valence-electron chi connectivity index (χ4n) is 4.39. The molecule has 184 valence electrons. The second-order valence-corrected chi connectivity index (χ2v) is 9.31. The summed E-state index contributed by atoms with van der Waals surface area (Å²) in [4.78, 5) is 42.4. The lowest BCUT2D eigenvalue weighted by molar-refractivity contribution is -0.139. The van der Waals surface area contributed by atoms with E-state index in [0.29, 0.717) is 12.8 Å². The molecule has 4 rings (SSSR count). The molecular weight excluding hydrogens is 442 g/mol. The first-order chi connectivity index (χ1) is 16.9. The van der Waals surface area contributed by atoms with E-state index in [1.807, 2.05) is 53.4 Å². The van der Waals surface area contributed by atoms with Gasteiger partial charge in [0.1, 0.15) is 5.54 Å². The van der Waals surface area contributed by atoms with E-state index in [1.165, 1.54) is 5.56 Å². The largest absolute Gasteiger partial charge is 0.344 e. The van der Waals surface area contributed by atoms with Gasteiger partial charge in [0.05, 0.1) is 6.54 Å². The number of benzene rings is 2. The molecule has 35 heavy (non-hydrogen) atoms. The number of piperazine rings is 1. The first-order valence-corrected chi connectivity index (χ1v) is 12.1. The number of rotatable bonds is 9. The molecule has 0 radical (unpaired) electrons. The van der Waals surface area contributed by atoms with Gasteiger partial charge in [0.25, 0.3) is 11.8 Å². The van der Waals surface area contributed by atoms with Crippen LogP contribution in [0.1, 0.15) is 24.5 Å². The van der Waals surface area contributed by atoms with Gasteiger partial charge < -0.3 is 5.32 Å². The number of carbonyl (C=O) groups is 3. The Labute approximate surface area is 206 Å². The summed E-state index contributed by atoms with van der Waals surface area (Å²) in [7, 11) is 0. The lowest BCUT2D eigenvalue weighted by Crippen LogP contribution is -2.53. The third kappa shape index (κ3) is 6.55. The molecule has 2 N–H and O–H groups in total. The Kier molecular flexibility index (Phi) is 7.94. The first kappa shape index (κ1) is 24.6. The van der Waals surface area contributed by atoms with Crippen molar-refractivity contribution in [3.63, 3.8) is 0 Å². The molecule has 0 spiro atoms. The van der Waals surface area contributed by atoms with Crippen LogP contribution >= 0.6 is 0 Å². The summed E-state index contributed by atoms with van der Waals surface area (Å²) >= 11 is 0. The number of hydrazine groups is 1. The monoisotopic (exact) mass is 475 g/mol. The number of nitrogens with zero attached hydrogens (tertiary/aromatic N) is 3. The molecule has 0 saturated carbocycles. The van der Waals surface area contributed by atoms with Gasteiger partial charge in [0, 0.05) is 32.7 Å². The van der Waals surface area contributed by atoms with Crippen molar-refractivity contribution in [2.45, 2.75) is 25.3 Å². The quantitative estimate of drug-likeness (QED) is 0.544. The van der Waals surface area contributed by atoms with E-state index in [0.717, 1.165) is 43.3 Å². The van der Waals surface area contributed by atoms with Gasteiger partial charge in [-0.25, -0.2) is 4.79 Å². The first-order valence-electron chi connectivity index (χ1n) is 12.1. The Morgan fingerprint density at radius 1 is 0.971 bits per heavy atom. The molecule has 2 aromatic rings. The lowest BCUT2D eigenvalue weighted by atomic mass is 9.93. The minimum Gasteiger partial charge on any atom is -0.322 e. The maximum Gasteiger partial charge on any atom is 0.344 e. The van der Waals surface area contributed by atoms with Gasteiger partial charge in [-0.05, 0) is 30.9 Å². The van der Waals surface area contributed by atoms with Crippen molar-refractivity contribution in [2.24, 2.45) is 0 Å². The van der Waals surface area contributed by atoms with Crippen molar-refractivity contribution in [1.82, 2.24) is 25.6 Å². The molecular formula is C27H33N5O3. The number of urea groups is 1. The lowest BCUT2D eigenvalue weighted by Gasteiger charge is -2.33. The molecule has 2 saturated heterocycles. The topological polar surface area (TPSA) is 85.0 Å². The van der Waals surface area contributed by atoms with Crippen molar-refractivity contribution in [2.75, 3.05) is 39.3 Å². The van der Waals surface area contributed by atoms with Crippen molar-refractivity contribution >= 4 is 23.9 Å². The Bertz CT molecular complexity index is 1050. The molecule has 2 aromatic carbocycles. The van der Waals surface area contributed by atoms with Crippen LogP contribution in [0.5, 0.6) is 0 Å². The second kappa shape index (κ2) is 11.3. The Morgan fingerprint density at radius 3 is 2.29 bits per heavy atom. The third-order valence-electron chi connectivity index (χ3n) is 6.56. The number of imide groups is 1. The highest BCUT2D eigenvalue weighted by Gasteiger charge is 2.48. The summed E-state index contributed by atoms with van der Waals surface area (Å²) in [6.45, 7) is 5.92. The number of amides is 4. The van der Waals surface area contributed by atoms with E-state index >= 15 is 0 Å². The van der Waals surface area contributed by atoms with Gasteiger partial charge in [-0.2, -0.15) is 5.01 Å². The zero-order valence-electron chi connectivity index (χ0n) is 20.2. The predicted octanol–water partition coefficient (Wildman–Crippen LogP) is 2.29. The van der Waals surface area contributed by atoms with Crippen LogP contribution in [0.25, 0.3) is 6.08 Å². The van der Waals surface area contributed by atoms with Crippen LogP contribution in [0.2, 0.25) is 0 Å². The maximum atomic E-state index is 12.9. The molecule has 2 heterocycles. The van der Waals surface area contributed by atoms with E-state index in [2.05, 4.69) is 39.9 Å². The van der Waals surface area contributed by atoms with Crippen LogP contribution in [0.3, 0.4) is 0 Å². The van der Waals surface area contributed by atoms with Crippen molar-refractivity contribution in [1.29, 1.82) is 0 Å². The molecule has 2 aliphatic heterocycles. The van der Waals surface area contributed by atoms with Crippen LogP contribution in [-0.4, -0.2) is 77.5 Å². The molecule has 8 heteroatoms. The van der Waals surface area contributed by atoms with E-state index in [-0.39, 0.29) is 12.5 Å². The predicted molar refractivity (Wildman–Crippen MR) is 135 cm³/mol. The summed E-state index contributed by atoms with van der Waals surface area (Å²) in [5, 5.41) is 3.57. The standard InChI is InChI=1S/C27H33N5O3/c1-27(15-14-23-11-6-3-7-12-23)25(34)32(26(35)28-27)29-24(33)21-31-19-17-30(18-20-31)16-8-13-22-9-4-2-5-10-22/h2-13H,14-21H2,1H3,(H,28,35)(H,29,33)/b13-8+/t27-/m1/s1. The second-order valence-electron chi connectivity index (χ2n) is 9.31. The highest BCUT2D eigenvalue weighted by atomic mass is 16.2. The fourth-order valence-corrected chi connectivity index (χ4v) is 4.39. The zero-order chi connectivity index (χ0) is 24.7. The van der Waals surface area contributed by atoms with E-state index in [1.54, 1.807) is 6.92 Å². The summed E-state index contributed by atoms with van der Waals surface area (Å²) in [6, 6.07) is 19.4. The molecule has 0 aliphatic carbocycles. The summed E-state index contributed by atoms with van der Waals surface area (Å²) < 4.78 is 0. The molecule has 4 amide bonds.